The predicted molar refractivity (Wildman–Crippen MR) is 99.2 cm³/mol. The summed E-state index contributed by atoms with van der Waals surface area (Å²) in [7, 11) is 1.85. The van der Waals surface area contributed by atoms with Crippen molar-refractivity contribution in [3.63, 3.8) is 0 Å². The summed E-state index contributed by atoms with van der Waals surface area (Å²) in [6, 6.07) is 8.64. The third-order valence-corrected chi connectivity index (χ3v) is 4.75. The Hall–Kier alpha value is -0.780. The number of halogens is 1. The van der Waals surface area contributed by atoms with Gasteiger partial charge in [0.15, 0.2) is 5.96 Å². The maximum atomic E-state index is 4.33. The summed E-state index contributed by atoms with van der Waals surface area (Å²) in [6.45, 7) is 4.03. The van der Waals surface area contributed by atoms with Crippen LogP contribution in [0.2, 0.25) is 0 Å². The maximum Gasteiger partial charge on any atom is 0.191 e. The number of benzene rings is 1. The lowest BCUT2D eigenvalue weighted by molar-refractivity contribution is 0.431. The number of nitrogens with one attached hydrogen (secondary N) is 2. The Morgan fingerprint density at radius 1 is 1.19 bits per heavy atom. The summed E-state index contributed by atoms with van der Waals surface area (Å²) in [6.07, 6.45) is 5.69. The SMILES string of the molecule is CN=C(NCc1ccc(C)cc1)NCC1(C2CC2)CC1.I. The molecule has 0 aromatic heterocycles. The van der Waals surface area contributed by atoms with Gasteiger partial charge in [-0.3, -0.25) is 4.99 Å². The van der Waals surface area contributed by atoms with E-state index >= 15 is 0 Å². The third-order valence-electron chi connectivity index (χ3n) is 4.75. The lowest BCUT2D eigenvalue weighted by Crippen LogP contribution is -2.40. The summed E-state index contributed by atoms with van der Waals surface area (Å²) in [5, 5.41) is 6.92. The minimum Gasteiger partial charge on any atom is -0.356 e. The number of hydrogen-bond donors (Lipinski definition) is 2. The monoisotopic (exact) mass is 399 g/mol. The molecule has 3 rings (SSSR count). The fourth-order valence-electron chi connectivity index (χ4n) is 2.96. The average Bonchev–Trinajstić information content (AvgIpc) is 3.34. The van der Waals surface area contributed by atoms with E-state index in [1.807, 2.05) is 7.05 Å². The van der Waals surface area contributed by atoms with Crippen LogP contribution in [0.5, 0.6) is 0 Å². The number of rotatable bonds is 5. The Balaban J connectivity index is 0.00000161. The first-order chi connectivity index (χ1) is 9.72. The zero-order valence-corrected chi connectivity index (χ0v) is 15.3. The van der Waals surface area contributed by atoms with Crippen molar-refractivity contribution in [2.24, 2.45) is 16.3 Å². The smallest absolute Gasteiger partial charge is 0.191 e. The van der Waals surface area contributed by atoms with Gasteiger partial charge in [0.1, 0.15) is 0 Å². The fourth-order valence-corrected chi connectivity index (χ4v) is 2.96. The van der Waals surface area contributed by atoms with Crippen molar-refractivity contribution in [2.45, 2.75) is 39.2 Å². The Morgan fingerprint density at radius 3 is 2.38 bits per heavy atom. The molecule has 0 amide bonds. The molecule has 21 heavy (non-hydrogen) atoms. The molecule has 2 fully saturated rings. The Kier molecular flexibility index (Phi) is 5.52. The van der Waals surface area contributed by atoms with Gasteiger partial charge in [-0.25, -0.2) is 0 Å². The van der Waals surface area contributed by atoms with Gasteiger partial charge >= 0.3 is 0 Å². The normalized spacial score (nSPS) is 19.6. The van der Waals surface area contributed by atoms with Crippen LogP contribution in [0.3, 0.4) is 0 Å². The first-order valence-corrected chi connectivity index (χ1v) is 7.72. The van der Waals surface area contributed by atoms with E-state index in [0.717, 1.165) is 25.0 Å². The standard InChI is InChI=1S/C17H25N3.HI/c1-13-3-5-14(6-4-13)11-19-16(18-2)20-12-17(9-10-17)15-7-8-15;/h3-6,15H,7-12H2,1-2H3,(H2,18,19,20);1H. The molecule has 2 N–H and O–H groups in total. The highest BCUT2D eigenvalue weighted by molar-refractivity contribution is 14.0. The zero-order chi connectivity index (χ0) is 14.0. The van der Waals surface area contributed by atoms with Crippen LogP contribution >= 0.6 is 24.0 Å². The van der Waals surface area contributed by atoms with Crippen molar-refractivity contribution in [1.82, 2.24) is 10.6 Å². The van der Waals surface area contributed by atoms with Crippen LogP contribution in [0.15, 0.2) is 29.3 Å². The molecule has 4 heteroatoms. The Bertz CT molecular complexity index is 487. The van der Waals surface area contributed by atoms with E-state index in [0.29, 0.717) is 5.41 Å². The second-order valence-corrected chi connectivity index (χ2v) is 6.40. The Labute approximate surface area is 145 Å². The van der Waals surface area contributed by atoms with Gasteiger partial charge in [-0.1, -0.05) is 29.8 Å². The maximum absolute atomic E-state index is 4.33. The second-order valence-electron chi connectivity index (χ2n) is 6.40. The van der Waals surface area contributed by atoms with Crippen LogP contribution in [0, 0.1) is 18.3 Å². The van der Waals surface area contributed by atoms with Crippen LogP contribution in [-0.4, -0.2) is 19.6 Å². The van der Waals surface area contributed by atoms with Gasteiger partial charge in [0, 0.05) is 20.1 Å². The quantitative estimate of drug-likeness (QED) is 0.452. The van der Waals surface area contributed by atoms with Crippen LogP contribution in [0.1, 0.15) is 36.8 Å². The molecule has 3 nitrogen and oxygen atoms in total. The van der Waals surface area contributed by atoms with E-state index in [4.69, 9.17) is 0 Å². The summed E-state index contributed by atoms with van der Waals surface area (Å²) in [5.41, 5.74) is 3.21. The first kappa shape index (κ1) is 16.6. The van der Waals surface area contributed by atoms with Crippen molar-refractivity contribution >= 4 is 29.9 Å². The number of guanidine groups is 1. The predicted octanol–water partition coefficient (Wildman–Crippen LogP) is 3.47. The molecule has 0 spiro atoms. The molecule has 2 aliphatic carbocycles. The van der Waals surface area contributed by atoms with Gasteiger partial charge in [-0.05, 0) is 49.5 Å². The molecule has 116 valence electrons. The van der Waals surface area contributed by atoms with E-state index in [2.05, 4.69) is 46.8 Å². The van der Waals surface area contributed by atoms with Gasteiger partial charge in [-0.2, -0.15) is 0 Å². The molecule has 0 unspecified atom stereocenters. The molecule has 0 bridgehead atoms. The van der Waals surface area contributed by atoms with Gasteiger partial charge in [-0.15, -0.1) is 24.0 Å². The second kappa shape index (κ2) is 6.99. The van der Waals surface area contributed by atoms with E-state index < -0.39 is 0 Å². The van der Waals surface area contributed by atoms with E-state index in [1.54, 1.807) is 0 Å². The van der Waals surface area contributed by atoms with Crippen molar-refractivity contribution < 1.29 is 0 Å². The van der Waals surface area contributed by atoms with Crippen molar-refractivity contribution in [3.8, 4) is 0 Å². The minimum absolute atomic E-state index is 0. The molecular formula is C17H26IN3. The molecule has 0 radical (unpaired) electrons. The molecular weight excluding hydrogens is 373 g/mol. The lowest BCUT2D eigenvalue weighted by Gasteiger charge is -2.18. The number of hydrogen-bond acceptors (Lipinski definition) is 1. The molecule has 2 aliphatic rings. The van der Waals surface area contributed by atoms with Crippen LogP contribution in [0.25, 0.3) is 0 Å². The van der Waals surface area contributed by atoms with Crippen LogP contribution < -0.4 is 10.6 Å². The van der Waals surface area contributed by atoms with E-state index in [-0.39, 0.29) is 24.0 Å². The number of nitrogens with zero attached hydrogens (tertiary/aromatic N) is 1. The van der Waals surface area contributed by atoms with E-state index in [9.17, 15) is 0 Å². The van der Waals surface area contributed by atoms with Crippen LogP contribution in [0.4, 0.5) is 0 Å². The third kappa shape index (κ3) is 4.34. The van der Waals surface area contributed by atoms with Gasteiger partial charge in [0.05, 0.1) is 0 Å². The Morgan fingerprint density at radius 2 is 1.86 bits per heavy atom. The summed E-state index contributed by atoms with van der Waals surface area (Å²) < 4.78 is 0. The first-order valence-electron chi connectivity index (χ1n) is 7.72. The number of aryl methyl sites for hydroxylation is 1. The zero-order valence-electron chi connectivity index (χ0n) is 13.0. The average molecular weight is 399 g/mol. The van der Waals surface area contributed by atoms with Crippen LogP contribution in [-0.2, 0) is 6.54 Å². The van der Waals surface area contributed by atoms with Crippen molar-refractivity contribution in [2.75, 3.05) is 13.6 Å². The molecule has 0 heterocycles. The highest BCUT2D eigenvalue weighted by Gasteiger charge is 2.53. The molecule has 0 saturated heterocycles. The fraction of sp³-hybridized carbons (Fsp3) is 0.588. The number of aliphatic imine (C=N–C) groups is 1. The molecule has 0 atom stereocenters. The molecule has 1 aromatic rings. The molecule has 2 saturated carbocycles. The van der Waals surface area contributed by atoms with Crippen molar-refractivity contribution in [1.29, 1.82) is 0 Å². The lowest BCUT2D eigenvalue weighted by atomic mass is 10.0. The summed E-state index contributed by atoms with van der Waals surface area (Å²) in [5.74, 6) is 1.92. The highest BCUT2D eigenvalue weighted by atomic mass is 127. The van der Waals surface area contributed by atoms with Gasteiger partial charge < -0.3 is 10.6 Å². The topological polar surface area (TPSA) is 36.4 Å². The summed E-state index contributed by atoms with van der Waals surface area (Å²) >= 11 is 0. The minimum atomic E-state index is 0. The van der Waals surface area contributed by atoms with Crippen molar-refractivity contribution in [3.05, 3.63) is 35.4 Å². The van der Waals surface area contributed by atoms with Gasteiger partial charge in [0.25, 0.3) is 0 Å². The molecule has 0 aliphatic heterocycles. The largest absolute Gasteiger partial charge is 0.356 e. The molecule has 1 aromatic carbocycles. The summed E-state index contributed by atoms with van der Waals surface area (Å²) in [4.78, 5) is 4.33. The van der Waals surface area contributed by atoms with E-state index in [1.165, 1.54) is 36.8 Å². The van der Waals surface area contributed by atoms with Gasteiger partial charge in [0.2, 0.25) is 0 Å². The highest BCUT2D eigenvalue weighted by Crippen LogP contribution is 2.60.